The normalized spacial score (nSPS) is 28.5. The molecule has 0 radical (unpaired) electrons. The lowest BCUT2D eigenvalue weighted by Crippen LogP contribution is -2.54. The topological polar surface area (TPSA) is 6.48 Å². The number of likely N-dealkylation sites (N-methyl/N-ethyl adjacent to an activating group) is 1. The molecular formula is C14H30N2. The van der Waals surface area contributed by atoms with Gasteiger partial charge < -0.3 is 4.90 Å². The van der Waals surface area contributed by atoms with Crippen LogP contribution in [0.2, 0.25) is 0 Å². The molecule has 2 atom stereocenters. The average molecular weight is 226 g/mol. The van der Waals surface area contributed by atoms with Crippen LogP contribution in [0.15, 0.2) is 0 Å². The third kappa shape index (κ3) is 4.42. The molecule has 1 aliphatic rings. The highest BCUT2D eigenvalue weighted by Crippen LogP contribution is 2.14. The number of piperazine rings is 1. The van der Waals surface area contributed by atoms with Crippen LogP contribution in [-0.4, -0.2) is 48.6 Å². The maximum Gasteiger partial charge on any atom is 0.0195 e. The molecule has 0 aliphatic carbocycles. The Morgan fingerprint density at radius 1 is 0.938 bits per heavy atom. The minimum atomic E-state index is 0.722. The summed E-state index contributed by atoms with van der Waals surface area (Å²) in [6, 6.07) is 1.44. The van der Waals surface area contributed by atoms with Gasteiger partial charge in [0.25, 0.3) is 0 Å². The SMILES string of the molecule is CCCCCCCN1CC(C)N(C)C(C)C1. The monoisotopic (exact) mass is 226 g/mol. The molecule has 0 saturated carbocycles. The molecule has 0 bridgehead atoms. The molecule has 1 heterocycles. The highest BCUT2D eigenvalue weighted by atomic mass is 15.3. The van der Waals surface area contributed by atoms with Gasteiger partial charge in [0.15, 0.2) is 0 Å². The summed E-state index contributed by atoms with van der Waals surface area (Å²) in [6.45, 7) is 10.8. The molecule has 0 aromatic carbocycles. The number of nitrogens with zero attached hydrogens (tertiary/aromatic N) is 2. The van der Waals surface area contributed by atoms with E-state index in [1.165, 1.54) is 51.7 Å². The largest absolute Gasteiger partial charge is 0.300 e. The predicted octanol–water partition coefficient (Wildman–Crippen LogP) is 2.98. The summed E-state index contributed by atoms with van der Waals surface area (Å²) in [7, 11) is 2.26. The van der Waals surface area contributed by atoms with Crippen LogP contribution in [0, 0.1) is 0 Å². The molecule has 1 fully saturated rings. The molecule has 0 N–H and O–H groups in total. The molecule has 1 rings (SSSR count). The zero-order valence-corrected chi connectivity index (χ0v) is 11.7. The lowest BCUT2D eigenvalue weighted by molar-refractivity contribution is 0.0591. The number of unbranched alkanes of at least 4 members (excludes halogenated alkanes) is 4. The predicted molar refractivity (Wildman–Crippen MR) is 71.9 cm³/mol. The van der Waals surface area contributed by atoms with Crippen molar-refractivity contribution < 1.29 is 0 Å². The Hall–Kier alpha value is -0.0800. The molecule has 0 spiro atoms. The lowest BCUT2D eigenvalue weighted by Gasteiger charge is -2.42. The van der Waals surface area contributed by atoms with Crippen molar-refractivity contribution in [2.45, 2.75) is 65.0 Å². The summed E-state index contributed by atoms with van der Waals surface area (Å²) in [5.41, 5.74) is 0. The number of hydrogen-bond donors (Lipinski definition) is 0. The third-order valence-corrected chi connectivity index (χ3v) is 4.01. The van der Waals surface area contributed by atoms with Crippen LogP contribution in [0.25, 0.3) is 0 Å². The van der Waals surface area contributed by atoms with Gasteiger partial charge in [-0.3, -0.25) is 4.90 Å². The van der Waals surface area contributed by atoms with Crippen LogP contribution < -0.4 is 0 Å². The Kier molecular flexibility index (Phi) is 6.37. The van der Waals surface area contributed by atoms with Gasteiger partial charge in [-0.2, -0.15) is 0 Å². The van der Waals surface area contributed by atoms with Gasteiger partial charge in [-0.15, -0.1) is 0 Å². The van der Waals surface area contributed by atoms with E-state index < -0.39 is 0 Å². The molecule has 2 heteroatoms. The van der Waals surface area contributed by atoms with Crippen molar-refractivity contribution >= 4 is 0 Å². The molecule has 1 saturated heterocycles. The minimum Gasteiger partial charge on any atom is -0.300 e. The summed E-state index contributed by atoms with van der Waals surface area (Å²) in [6.07, 6.45) is 7.00. The molecule has 2 nitrogen and oxygen atoms in total. The summed E-state index contributed by atoms with van der Waals surface area (Å²) in [5.74, 6) is 0. The maximum absolute atomic E-state index is 2.65. The molecule has 0 amide bonds. The van der Waals surface area contributed by atoms with Crippen molar-refractivity contribution in [2.24, 2.45) is 0 Å². The fraction of sp³-hybridized carbons (Fsp3) is 1.00. The zero-order chi connectivity index (χ0) is 12.0. The average Bonchev–Trinajstić information content (AvgIpc) is 2.25. The smallest absolute Gasteiger partial charge is 0.0195 e. The van der Waals surface area contributed by atoms with E-state index in [1.807, 2.05) is 0 Å². The molecule has 0 aromatic heterocycles. The summed E-state index contributed by atoms with van der Waals surface area (Å²) >= 11 is 0. The Labute approximate surface area is 102 Å². The van der Waals surface area contributed by atoms with Crippen LogP contribution in [0.1, 0.15) is 52.9 Å². The van der Waals surface area contributed by atoms with Crippen molar-refractivity contribution in [3.05, 3.63) is 0 Å². The third-order valence-electron chi connectivity index (χ3n) is 4.01. The summed E-state index contributed by atoms with van der Waals surface area (Å²) in [5, 5.41) is 0. The molecule has 2 unspecified atom stereocenters. The van der Waals surface area contributed by atoms with Gasteiger partial charge in [-0.25, -0.2) is 0 Å². The van der Waals surface area contributed by atoms with Crippen LogP contribution in [0.4, 0.5) is 0 Å². The Morgan fingerprint density at radius 3 is 2.06 bits per heavy atom. The fourth-order valence-corrected chi connectivity index (χ4v) is 2.64. The van der Waals surface area contributed by atoms with Gasteiger partial charge in [-0.05, 0) is 33.9 Å². The van der Waals surface area contributed by atoms with Crippen molar-refractivity contribution in [1.82, 2.24) is 9.80 Å². The van der Waals surface area contributed by atoms with E-state index in [9.17, 15) is 0 Å². The highest BCUT2D eigenvalue weighted by molar-refractivity contribution is 4.82. The quantitative estimate of drug-likeness (QED) is 0.642. The van der Waals surface area contributed by atoms with Crippen molar-refractivity contribution in [3.8, 4) is 0 Å². The second-order valence-electron chi connectivity index (χ2n) is 5.54. The maximum atomic E-state index is 2.65. The van der Waals surface area contributed by atoms with Crippen LogP contribution in [-0.2, 0) is 0 Å². The van der Waals surface area contributed by atoms with Gasteiger partial charge in [0, 0.05) is 25.2 Å². The molecule has 16 heavy (non-hydrogen) atoms. The first-order valence-electron chi connectivity index (χ1n) is 7.09. The van der Waals surface area contributed by atoms with Crippen molar-refractivity contribution in [1.29, 1.82) is 0 Å². The Morgan fingerprint density at radius 2 is 1.50 bits per heavy atom. The molecule has 96 valence electrons. The van der Waals surface area contributed by atoms with Crippen LogP contribution >= 0.6 is 0 Å². The summed E-state index contributed by atoms with van der Waals surface area (Å²) < 4.78 is 0. The van der Waals surface area contributed by atoms with E-state index in [4.69, 9.17) is 0 Å². The number of hydrogen-bond acceptors (Lipinski definition) is 2. The van der Waals surface area contributed by atoms with Gasteiger partial charge in [0.2, 0.25) is 0 Å². The van der Waals surface area contributed by atoms with Gasteiger partial charge in [0.1, 0.15) is 0 Å². The van der Waals surface area contributed by atoms with E-state index >= 15 is 0 Å². The van der Waals surface area contributed by atoms with Gasteiger partial charge in [-0.1, -0.05) is 32.6 Å². The van der Waals surface area contributed by atoms with E-state index in [0.717, 1.165) is 12.1 Å². The second-order valence-corrected chi connectivity index (χ2v) is 5.54. The van der Waals surface area contributed by atoms with Crippen LogP contribution in [0.3, 0.4) is 0 Å². The Bertz CT molecular complexity index is 170. The first-order chi connectivity index (χ1) is 7.65. The van der Waals surface area contributed by atoms with Crippen molar-refractivity contribution in [2.75, 3.05) is 26.7 Å². The van der Waals surface area contributed by atoms with E-state index in [-0.39, 0.29) is 0 Å². The van der Waals surface area contributed by atoms with Gasteiger partial charge in [0.05, 0.1) is 0 Å². The standard InChI is InChI=1S/C14H30N2/c1-5-6-7-8-9-10-16-11-13(2)15(4)14(3)12-16/h13-14H,5-12H2,1-4H3. The highest BCUT2D eigenvalue weighted by Gasteiger charge is 2.25. The molecule has 1 aliphatic heterocycles. The first-order valence-corrected chi connectivity index (χ1v) is 7.09. The van der Waals surface area contributed by atoms with Crippen LogP contribution in [0.5, 0.6) is 0 Å². The zero-order valence-electron chi connectivity index (χ0n) is 11.7. The fourth-order valence-electron chi connectivity index (χ4n) is 2.64. The minimum absolute atomic E-state index is 0.722. The van der Waals surface area contributed by atoms with E-state index in [0.29, 0.717) is 0 Å². The second kappa shape index (κ2) is 7.29. The first kappa shape index (κ1) is 14.0. The van der Waals surface area contributed by atoms with E-state index in [1.54, 1.807) is 0 Å². The summed E-state index contributed by atoms with van der Waals surface area (Å²) in [4.78, 5) is 5.16. The molecule has 0 aromatic rings. The Balaban J connectivity index is 2.13. The number of rotatable bonds is 6. The lowest BCUT2D eigenvalue weighted by atomic mass is 10.1. The van der Waals surface area contributed by atoms with E-state index in [2.05, 4.69) is 37.6 Å². The van der Waals surface area contributed by atoms with Crippen molar-refractivity contribution in [3.63, 3.8) is 0 Å². The molecular weight excluding hydrogens is 196 g/mol. The van der Waals surface area contributed by atoms with Gasteiger partial charge >= 0.3 is 0 Å².